The van der Waals surface area contributed by atoms with Gasteiger partial charge in [-0.05, 0) is 35.4 Å². The van der Waals surface area contributed by atoms with Gasteiger partial charge in [-0.15, -0.1) is 0 Å². The van der Waals surface area contributed by atoms with E-state index in [1.54, 1.807) is 0 Å². The minimum atomic E-state index is -0.422. The van der Waals surface area contributed by atoms with Gasteiger partial charge in [0.1, 0.15) is 5.75 Å². The van der Waals surface area contributed by atoms with Crippen molar-refractivity contribution in [2.45, 2.75) is 19.3 Å². The Morgan fingerprint density at radius 2 is 1.40 bits per heavy atom. The zero-order valence-corrected chi connectivity index (χ0v) is 17.0. The van der Waals surface area contributed by atoms with Crippen molar-refractivity contribution in [3.63, 3.8) is 0 Å². The lowest BCUT2D eigenvalue weighted by atomic mass is 9.88. The predicted octanol–water partition coefficient (Wildman–Crippen LogP) is 6.46. The molecule has 30 heavy (non-hydrogen) atoms. The van der Waals surface area contributed by atoms with Gasteiger partial charge in [0.15, 0.2) is 0 Å². The van der Waals surface area contributed by atoms with E-state index in [9.17, 15) is 4.79 Å². The molecule has 0 aromatic heterocycles. The Hall–Kier alpha value is -3.59. The Bertz CT molecular complexity index is 1080. The van der Waals surface area contributed by atoms with E-state index in [0.717, 1.165) is 22.8 Å². The van der Waals surface area contributed by atoms with Crippen LogP contribution in [0.25, 0.3) is 10.8 Å². The number of hydrogen-bond donors (Lipinski definition) is 1. The Balaban J connectivity index is 1.44. The van der Waals surface area contributed by atoms with E-state index in [-0.39, 0.29) is 5.92 Å². The molecule has 0 aliphatic rings. The number of rotatable bonds is 6. The van der Waals surface area contributed by atoms with Crippen LogP contribution in [0.3, 0.4) is 0 Å². The zero-order valence-electron chi connectivity index (χ0n) is 17.0. The molecule has 4 aromatic rings. The van der Waals surface area contributed by atoms with Gasteiger partial charge in [0, 0.05) is 17.8 Å². The fourth-order valence-corrected chi connectivity index (χ4v) is 3.83. The van der Waals surface area contributed by atoms with Crippen molar-refractivity contribution in [2.24, 2.45) is 0 Å². The summed E-state index contributed by atoms with van der Waals surface area (Å²) in [6.07, 6.45) is 0.367. The maximum absolute atomic E-state index is 12.5. The number of hydrogen-bond acceptors (Lipinski definition) is 2. The van der Waals surface area contributed by atoms with Gasteiger partial charge in [0.2, 0.25) is 0 Å². The fourth-order valence-electron chi connectivity index (χ4n) is 3.83. The second kappa shape index (κ2) is 9.27. The molecule has 0 radical (unpaired) electrons. The highest BCUT2D eigenvalue weighted by Gasteiger charge is 2.15. The smallest absolute Gasteiger partial charge is 0.409 e. The first-order valence-corrected chi connectivity index (χ1v) is 10.3. The number of benzene rings is 4. The van der Waals surface area contributed by atoms with Crippen molar-refractivity contribution in [1.29, 1.82) is 0 Å². The highest BCUT2D eigenvalue weighted by atomic mass is 16.6. The maximum Gasteiger partial charge on any atom is 0.412 e. The molecule has 1 N–H and O–H groups in total. The van der Waals surface area contributed by atoms with Crippen LogP contribution in [-0.4, -0.2) is 12.6 Å². The molecule has 4 rings (SSSR count). The summed E-state index contributed by atoms with van der Waals surface area (Å²) in [6.45, 7) is 2.48. The van der Waals surface area contributed by atoms with Gasteiger partial charge in [0.05, 0.1) is 0 Å². The first kappa shape index (κ1) is 19.7. The van der Waals surface area contributed by atoms with Crippen LogP contribution < -0.4 is 10.1 Å². The van der Waals surface area contributed by atoms with Gasteiger partial charge in [-0.2, -0.15) is 0 Å². The fraction of sp³-hybridized carbons (Fsp3) is 0.148. The first-order chi connectivity index (χ1) is 14.7. The molecule has 0 atom stereocenters. The lowest BCUT2D eigenvalue weighted by molar-refractivity contribution is 0.200. The average molecular weight is 396 g/mol. The summed E-state index contributed by atoms with van der Waals surface area (Å²) < 4.78 is 5.70. The maximum atomic E-state index is 12.5. The number of amides is 1. The molecule has 0 unspecified atom stereocenters. The number of carbonyl (C=O) groups excluding carboxylic acids is 1. The highest BCUT2D eigenvalue weighted by Crippen LogP contribution is 2.30. The molecular weight excluding hydrogens is 370 g/mol. The van der Waals surface area contributed by atoms with Crippen LogP contribution in [0.15, 0.2) is 97.1 Å². The third kappa shape index (κ3) is 4.52. The van der Waals surface area contributed by atoms with Crippen molar-refractivity contribution in [3.8, 4) is 5.75 Å². The number of ether oxygens (including phenoxy) is 1. The molecule has 1 amide bonds. The van der Waals surface area contributed by atoms with Gasteiger partial charge in [0.25, 0.3) is 0 Å². The van der Waals surface area contributed by atoms with Crippen molar-refractivity contribution < 1.29 is 9.53 Å². The third-order valence-corrected chi connectivity index (χ3v) is 5.38. The van der Waals surface area contributed by atoms with Crippen LogP contribution in [0.2, 0.25) is 0 Å². The minimum absolute atomic E-state index is 0.215. The zero-order chi connectivity index (χ0) is 20.8. The summed E-state index contributed by atoms with van der Waals surface area (Å²) >= 11 is 0. The van der Waals surface area contributed by atoms with Crippen molar-refractivity contribution in [1.82, 2.24) is 5.32 Å². The number of carbonyl (C=O) groups is 1. The summed E-state index contributed by atoms with van der Waals surface area (Å²) in [7, 11) is 0. The molecule has 0 fully saturated rings. The second-order valence-corrected chi connectivity index (χ2v) is 7.41. The monoisotopic (exact) mass is 395 g/mol. The summed E-state index contributed by atoms with van der Waals surface area (Å²) in [5.74, 6) is 0.834. The van der Waals surface area contributed by atoms with Gasteiger partial charge < -0.3 is 10.1 Å². The molecule has 3 nitrogen and oxygen atoms in total. The molecule has 3 heteroatoms. The quantitative estimate of drug-likeness (QED) is 0.407. The molecular formula is C27H25NO2. The predicted molar refractivity (Wildman–Crippen MR) is 122 cm³/mol. The second-order valence-electron chi connectivity index (χ2n) is 7.41. The Morgan fingerprint density at radius 1 is 0.800 bits per heavy atom. The topological polar surface area (TPSA) is 38.3 Å². The van der Waals surface area contributed by atoms with Gasteiger partial charge >= 0.3 is 6.09 Å². The van der Waals surface area contributed by atoms with E-state index in [4.69, 9.17) is 4.74 Å². The van der Waals surface area contributed by atoms with Crippen LogP contribution in [0.1, 0.15) is 29.0 Å². The third-order valence-electron chi connectivity index (χ3n) is 5.38. The molecule has 0 bridgehead atoms. The number of aryl methyl sites for hydroxylation is 1. The first-order valence-electron chi connectivity index (χ1n) is 10.3. The van der Waals surface area contributed by atoms with Crippen LogP contribution >= 0.6 is 0 Å². The van der Waals surface area contributed by atoms with E-state index in [1.165, 1.54) is 11.1 Å². The molecule has 4 aromatic carbocycles. The van der Waals surface area contributed by atoms with E-state index >= 15 is 0 Å². The van der Waals surface area contributed by atoms with Gasteiger partial charge in [-0.25, -0.2) is 4.79 Å². The Morgan fingerprint density at radius 3 is 2.07 bits per heavy atom. The van der Waals surface area contributed by atoms with Crippen molar-refractivity contribution in [2.75, 3.05) is 6.54 Å². The number of fused-ring (bicyclic) bond motifs is 1. The Kier molecular flexibility index (Phi) is 6.09. The van der Waals surface area contributed by atoms with Gasteiger partial charge in [-0.1, -0.05) is 97.1 Å². The standard InChI is InChI=1S/C27H25NO2/c1-20-16-17-23-14-8-9-15-25(23)26(20)30-27(29)28-19-18-24(21-10-4-2-5-11-21)22-12-6-3-7-13-22/h2-17,24H,18-19H2,1H3,(H,28,29). The summed E-state index contributed by atoms with van der Waals surface area (Å²) in [5, 5.41) is 4.93. The van der Waals surface area contributed by atoms with Crippen LogP contribution in [0.4, 0.5) is 4.79 Å². The lowest BCUT2D eigenvalue weighted by Crippen LogP contribution is -2.29. The van der Waals surface area contributed by atoms with E-state index < -0.39 is 6.09 Å². The molecule has 0 saturated carbocycles. The van der Waals surface area contributed by atoms with Crippen molar-refractivity contribution >= 4 is 16.9 Å². The normalized spacial score (nSPS) is 10.9. The van der Waals surface area contributed by atoms with E-state index in [0.29, 0.717) is 12.3 Å². The summed E-state index contributed by atoms with van der Waals surface area (Å²) in [5.41, 5.74) is 3.42. The number of nitrogens with one attached hydrogen (secondary N) is 1. The molecule has 0 saturated heterocycles. The van der Waals surface area contributed by atoms with E-state index in [2.05, 4.69) is 53.8 Å². The van der Waals surface area contributed by atoms with Crippen molar-refractivity contribution in [3.05, 3.63) is 114 Å². The lowest BCUT2D eigenvalue weighted by Gasteiger charge is -2.18. The van der Waals surface area contributed by atoms with Crippen LogP contribution in [0.5, 0.6) is 5.75 Å². The average Bonchev–Trinajstić information content (AvgIpc) is 2.80. The summed E-state index contributed by atoms with van der Waals surface area (Å²) in [6, 6.07) is 32.7. The Labute approximate surface area is 177 Å². The minimum Gasteiger partial charge on any atom is -0.409 e. The highest BCUT2D eigenvalue weighted by molar-refractivity contribution is 5.91. The van der Waals surface area contributed by atoms with E-state index in [1.807, 2.05) is 55.5 Å². The van der Waals surface area contributed by atoms with Crippen LogP contribution in [-0.2, 0) is 0 Å². The van der Waals surface area contributed by atoms with Gasteiger partial charge in [-0.3, -0.25) is 0 Å². The molecule has 150 valence electrons. The summed E-state index contributed by atoms with van der Waals surface area (Å²) in [4.78, 5) is 12.5. The molecule has 0 spiro atoms. The largest absolute Gasteiger partial charge is 0.412 e. The molecule has 0 aliphatic heterocycles. The molecule has 0 aliphatic carbocycles. The molecule has 0 heterocycles. The van der Waals surface area contributed by atoms with Crippen LogP contribution in [0, 0.1) is 6.92 Å². The SMILES string of the molecule is Cc1ccc2ccccc2c1OC(=O)NCCC(c1ccccc1)c1ccccc1.